The molecule has 0 amide bonds. The lowest BCUT2D eigenvalue weighted by Gasteiger charge is -2.38. The number of rotatable bonds is 12. The predicted octanol–water partition coefficient (Wildman–Crippen LogP) is 11.8. The largest absolute Gasteiger partial charge is 0.433 e. The molecule has 0 radical (unpaired) electrons. The molecule has 6 rings (SSSR count). The molecule has 0 atom stereocenters. The molecule has 0 spiro atoms. The van der Waals surface area contributed by atoms with Gasteiger partial charge in [-0.3, -0.25) is 0 Å². The molecule has 10 heteroatoms. The van der Waals surface area contributed by atoms with Crippen LogP contribution >= 0.6 is 15.9 Å². The Bertz CT molecular complexity index is 2120. The fraction of sp³-hybridized carbons (Fsp3) is 0.366. The van der Waals surface area contributed by atoms with Gasteiger partial charge in [-0.2, -0.15) is 0 Å². The van der Waals surface area contributed by atoms with Gasteiger partial charge in [0, 0.05) is 42.9 Å². The van der Waals surface area contributed by atoms with Gasteiger partial charge >= 0.3 is 8.56 Å². The van der Waals surface area contributed by atoms with Gasteiger partial charge in [-0.15, -0.1) is 0 Å². The van der Waals surface area contributed by atoms with Crippen molar-refractivity contribution in [3.05, 3.63) is 86.9 Å². The van der Waals surface area contributed by atoms with Crippen molar-refractivity contribution in [2.75, 3.05) is 0 Å². The maximum Gasteiger partial charge on any atom is 0.352 e. The molecular weight excluding hydrogens is 745 g/mol. The Morgan fingerprint density at radius 3 is 1.76 bits per heavy atom. The highest BCUT2D eigenvalue weighted by atomic mass is 79.9. The molecule has 2 N–H and O–H groups in total. The van der Waals surface area contributed by atoms with Crippen LogP contribution < -0.4 is 5.19 Å². The van der Waals surface area contributed by atoms with Gasteiger partial charge in [0.05, 0.1) is 28.3 Å². The molecule has 2 aliphatic rings. The zero-order chi connectivity index (χ0) is 36.6. The van der Waals surface area contributed by atoms with Crippen molar-refractivity contribution >= 4 is 92.7 Å². The molecule has 0 unspecified atom stereocenters. The van der Waals surface area contributed by atoms with E-state index in [9.17, 15) is 0 Å². The van der Waals surface area contributed by atoms with Gasteiger partial charge in [0.25, 0.3) is 0 Å². The maximum absolute atomic E-state index is 7.21. The Labute approximate surface area is 315 Å². The smallest absolute Gasteiger partial charge is 0.352 e. The molecule has 4 aromatic rings. The monoisotopic (exact) mass is 796 g/mol. The van der Waals surface area contributed by atoms with Crippen LogP contribution in [0.25, 0.3) is 57.5 Å². The van der Waals surface area contributed by atoms with Crippen molar-refractivity contribution in [3.63, 3.8) is 0 Å². The summed E-state index contributed by atoms with van der Waals surface area (Å²) in [6, 6.07) is 17.2. The van der Waals surface area contributed by atoms with Gasteiger partial charge in [-0.1, -0.05) is 57.0 Å². The minimum atomic E-state index is -2.97. The average Bonchev–Trinajstić information content (AvgIpc) is 3.86. The second-order valence-electron chi connectivity index (χ2n) is 15.8. The molecule has 0 saturated carbocycles. The van der Waals surface area contributed by atoms with Crippen LogP contribution in [-0.2, 0) is 21.1 Å². The zero-order valence-corrected chi connectivity index (χ0v) is 36.3. The second kappa shape index (κ2) is 15.1. The van der Waals surface area contributed by atoms with Gasteiger partial charge in [0.2, 0.25) is 0 Å². The lowest BCUT2D eigenvalue weighted by molar-refractivity contribution is 0.405. The Balaban J connectivity index is 1.81. The molecule has 0 saturated heterocycles. The van der Waals surface area contributed by atoms with Crippen molar-refractivity contribution in [1.82, 2.24) is 19.9 Å². The quantitative estimate of drug-likeness (QED) is 0.121. The first-order valence-corrected chi connectivity index (χ1v) is 28.4. The average molecular weight is 798 g/mol. The number of fused-ring (bicyclic) bond motifs is 8. The number of hydrogen-bond acceptors (Lipinski definition) is 4. The van der Waals surface area contributed by atoms with E-state index in [0.717, 1.165) is 104 Å². The van der Waals surface area contributed by atoms with Crippen LogP contribution in [0, 0.1) is 0 Å². The summed E-state index contributed by atoms with van der Waals surface area (Å²) >= 11 is 4.19. The molecule has 8 bridgehead atoms. The number of aromatic amines is 2. The molecule has 0 fully saturated rings. The molecule has 5 heterocycles. The number of aryl methyl sites for hydroxylation is 2. The Morgan fingerprint density at radius 1 is 0.647 bits per heavy atom. The molecule has 1 aromatic carbocycles. The Hall–Kier alpha value is -3.13. The third-order valence-electron chi connectivity index (χ3n) is 9.09. The SMILES string of the molecule is CCCCc1c2nc(c(-c3ccccc3)c3nc(c(CCCC)c4[nH]c(cc5ccc1[nH]5)c([Si](C)(O[Si](C)(C)C)O[Si](C)(C)C)c4Br)C=C3)C=C2. The van der Waals surface area contributed by atoms with E-state index in [0.29, 0.717) is 0 Å². The summed E-state index contributed by atoms with van der Waals surface area (Å²) in [5, 5.41) is 1.12. The summed E-state index contributed by atoms with van der Waals surface area (Å²) < 4.78 is 15.4. The van der Waals surface area contributed by atoms with E-state index in [4.69, 9.17) is 18.2 Å². The molecule has 2 aliphatic heterocycles. The molecule has 51 heavy (non-hydrogen) atoms. The minimum Gasteiger partial charge on any atom is -0.433 e. The fourth-order valence-corrected chi connectivity index (χ4v) is 20.7. The summed E-state index contributed by atoms with van der Waals surface area (Å²) in [5.41, 5.74) is 12.6. The van der Waals surface area contributed by atoms with E-state index in [1.807, 2.05) is 0 Å². The molecule has 0 aliphatic carbocycles. The van der Waals surface area contributed by atoms with Gasteiger partial charge in [-0.05, 0) is 136 Å². The molecular formula is C41H53BrN4O2Si3. The van der Waals surface area contributed by atoms with Gasteiger partial charge in [0.1, 0.15) is 0 Å². The summed E-state index contributed by atoms with van der Waals surface area (Å²) in [6.07, 6.45) is 14.8. The number of nitrogens with zero attached hydrogens (tertiary/aromatic N) is 2. The predicted molar refractivity (Wildman–Crippen MR) is 229 cm³/mol. The van der Waals surface area contributed by atoms with E-state index >= 15 is 0 Å². The highest BCUT2D eigenvalue weighted by Crippen LogP contribution is 2.35. The fourth-order valence-electron chi connectivity index (χ4n) is 7.23. The van der Waals surface area contributed by atoms with Crippen molar-refractivity contribution in [2.45, 2.75) is 98.2 Å². The lowest BCUT2D eigenvalue weighted by atomic mass is 10.0. The number of unbranched alkanes of at least 4 members (excludes halogenated alkanes) is 2. The van der Waals surface area contributed by atoms with Crippen molar-refractivity contribution in [3.8, 4) is 11.1 Å². The number of aromatic nitrogens is 4. The van der Waals surface area contributed by atoms with Crippen LogP contribution in [0.15, 0.2) is 53.0 Å². The van der Waals surface area contributed by atoms with E-state index in [-0.39, 0.29) is 0 Å². The van der Waals surface area contributed by atoms with Crippen LogP contribution in [0.5, 0.6) is 0 Å². The summed E-state index contributed by atoms with van der Waals surface area (Å²) in [7, 11) is -7.03. The highest BCUT2D eigenvalue weighted by molar-refractivity contribution is 9.10. The van der Waals surface area contributed by atoms with Crippen LogP contribution in [0.4, 0.5) is 0 Å². The summed E-state index contributed by atoms with van der Waals surface area (Å²) in [4.78, 5) is 18.5. The van der Waals surface area contributed by atoms with Crippen LogP contribution in [0.3, 0.4) is 0 Å². The first-order valence-electron chi connectivity index (χ1n) is 18.5. The summed E-state index contributed by atoms with van der Waals surface area (Å²) in [5.74, 6) is 0. The molecule has 3 aromatic heterocycles. The van der Waals surface area contributed by atoms with Crippen LogP contribution in [-0.4, -0.2) is 45.1 Å². The van der Waals surface area contributed by atoms with Crippen molar-refractivity contribution in [2.24, 2.45) is 0 Å². The van der Waals surface area contributed by atoms with Crippen molar-refractivity contribution in [1.29, 1.82) is 0 Å². The second-order valence-corrected chi connectivity index (χ2v) is 29.1. The van der Waals surface area contributed by atoms with E-state index in [1.54, 1.807) is 0 Å². The Morgan fingerprint density at radius 2 is 1.20 bits per heavy atom. The number of H-pyrrole nitrogens is 2. The van der Waals surface area contributed by atoms with Gasteiger partial charge in [-0.25, -0.2) is 9.97 Å². The van der Waals surface area contributed by atoms with E-state index in [1.165, 1.54) is 11.1 Å². The number of hydrogen-bond donors (Lipinski definition) is 2. The first-order chi connectivity index (χ1) is 24.2. The molecule has 268 valence electrons. The van der Waals surface area contributed by atoms with Crippen LogP contribution in [0.2, 0.25) is 45.8 Å². The topological polar surface area (TPSA) is 75.8 Å². The van der Waals surface area contributed by atoms with Gasteiger partial charge in [0.15, 0.2) is 16.6 Å². The lowest BCUT2D eigenvalue weighted by Crippen LogP contribution is -2.60. The number of benzene rings is 1. The third-order valence-corrected chi connectivity index (χ3v) is 19.7. The van der Waals surface area contributed by atoms with Gasteiger partial charge < -0.3 is 18.2 Å². The van der Waals surface area contributed by atoms with Crippen LogP contribution in [0.1, 0.15) is 73.4 Å². The standard InChI is InChI=1S/C41H53BrN4O2Si3/c1-10-12-19-30-32-22-21-29(43-32)27-37-41(51(9,47-49(3,4)5)48-50(6,7)8)39(42)40(46-37)31(20-13-11-2)34-24-26-36(45-34)38(28-17-15-14-16-18-28)35-25-23-33(30)44-35/h14-18,21-27,43,46H,10-13,19-20H2,1-9H3. The van der Waals surface area contributed by atoms with Crippen molar-refractivity contribution < 1.29 is 8.23 Å². The van der Waals surface area contributed by atoms with E-state index in [2.05, 4.69) is 158 Å². The maximum atomic E-state index is 7.21. The normalized spacial score (nSPS) is 13.4. The third kappa shape index (κ3) is 8.42. The first kappa shape index (κ1) is 37.6. The minimum absolute atomic E-state index is 0.884. The molecule has 6 nitrogen and oxygen atoms in total. The Kier molecular flexibility index (Phi) is 11.1. The number of halogens is 1. The summed E-state index contributed by atoms with van der Waals surface area (Å²) in [6.45, 7) is 20.3. The highest BCUT2D eigenvalue weighted by Gasteiger charge is 2.45. The number of nitrogens with one attached hydrogen (secondary N) is 2. The zero-order valence-electron chi connectivity index (χ0n) is 31.8. The van der Waals surface area contributed by atoms with E-state index < -0.39 is 25.2 Å².